The fourth-order valence-electron chi connectivity index (χ4n) is 1.33. The molecule has 1 aromatic heterocycles. The number of hydrogen-bond acceptors (Lipinski definition) is 3. The number of ether oxygens (including phenoxy) is 1. The highest BCUT2D eigenvalue weighted by Gasteiger charge is 1.97. The van der Waals surface area contributed by atoms with Crippen LogP contribution in [0.5, 0.6) is 0 Å². The Balaban J connectivity index is 1.92. The number of halogens is 1. The number of hydrogen-bond donors (Lipinski definition) is 1. The zero-order chi connectivity index (χ0) is 11.8. The SMILES string of the molecule is CC(C)OCCCCNCc1ccc(Br)s1. The normalized spacial score (nSPS) is 11.2. The van der Waals surface area contributed by atoms with Crippen molar-refractivity contribution in [2.24, 2.45) is 0 Å². The van der Waals surface area contributed by atoms with E-state index in [1.54, 1.807) is 11.3 Å². The van der Waals surface area contributed by atoms with Crippen LogP contribution in [0.1, 0.15) is 31.6 Å². The maximum absolute atomic E-state index is 5.48. The first-order valence-corrected chi connectivity index (χ1v) is 7.36. The fourth-order valence-corrected chi connectivity index (χ4v) is 2.78. The standard InChI is InChI=1S/C12H20BrNOS/c1-10(2)15-8-4-3-7-14-9-11-5-6-12(13)16-11/h5-6,10,14H,3-4,7-9H2,1-2H3. The summed E-state index contributed by atoms with van der Waals surface area (Å²) in [6.07, 6.45) is 2.68. The Labute approximate surface area is 111 Å². The molecule has 0 spiro atoms. The van der Waals surface area contributed by atoms with Crippen LogP contribution in [-0.4, -0.2) is 19.3 Å². The van der Waals surface area contributed by atoms with Gasteiger partial charge < -0.3 is 10.1 Å². The van der Waals surface area contributed by atoms with Crippen molar-refractivity contribution in [2.75, 3.05) is 13.2 Å². The van der Waals surface area contributed by atoms with Gasteiger partial charge in [-0.1, -0.05) is 0 Å². The number of rotatable bonds is 8. The molecule has 0 radical (unpaired) electrons. The molecule has 0 saturated heterocycles. The van der Waals surface area contributed by atoms with E-state index in [2.05, 4.69) is 47.2 Å². The topological polar surface area (TPSA) is 21.3 Å². The molecule has 2 nitrogen and oxygen atoms in total. The molecule has 0 aliphatic rings. The molecule has 0 aliphatic heterocycles. The molecule has 0 atom stereocenters. The first kappa shape index (κ1) is 14.2. The van der Waals surface area contributed by atoms with Crippen LogP contribution >= 0.6 is 27.3 Å². The molecule has 0 amide bonds. The third kappa shape index (κ3) is 6.63. The van der Waals surface area contributed by atoms with Gasteiger partial charge in [0.15, 0.2) is 0 Å². The smallest absolute Gasteiger partial charge is 0.0701 e. The molecule has 0 aromatic carbocycles. The lowest BCUT2D eigenvalue weighted by Crippen LogP contribution is -2.14. The van der Waals surface area contributed by atoms with Crippen molar-refractivity contribution in [1.82, 2.24) is 5.32 Å². The van der Waals surface area contributed by atoms with Crippen LogP contribution in [0.4, 0.5) is 0 Å². The maximum Gasteiger partial charge on any atom is 0.0701 e. The molecule has 1 aromatic rings. The Morgan fingerprint density at radius 1 is 1.38 bits per heavy atom. The van der Waals surface area contributed by atoms with Gasteiger partial charge in [-0.05, 0) is 61.3 Å². The lowest BCUT2D eigenvalue weighted by molar-refractivity contribution is 0.0760. The van der Waals surface area contributed by atoms with Crippen molar-refractivity contribution in [3.05, 3.63) is 20.8 Å². The molecule has 0 aliphatic carbocycles. The van der Waals surface area contributed by atoms with E-state index in [1.165, 1.54) is 15.1 Å². The van der Waals surface area contributed by atoms with Crippen molar-refractivity contribution in [3.8, 4) is 0 Å². The largest absolute Gasteiger partial charge is 0.379 e. The summed E-state index contributed by atoms with van der Waals surface area (Å²) < 4.78 is 6.68. The molecule has 4 heteroatoms. The fraction of sp³-hybridized carbons (Fsp3) is 0.667. The molecular weight excluding hydrogens is 286 g/mol. The zero-order valence-electron chi connectivity index (χ0n) is 9.96. The molecule has 0 saturated carbocycles. The van der Waals surface area contributed by atoms with Gasteiger partial charge in [-0.25, -0.2) is 0 Å². The van der Waals surface area contributed by atoms with Crippen LogP contribution in [0.2, 0.25) is 0 Å². The second-order valence-corrected chi connectivity index (χ2v) is 6.56. The van der Waals surface area contributed by atoms with Crippen molar-refractivity contribution < 1.29 is 4.74 Å². The Hall–Kier alpha value is 0.1000. The minimum Gasteiger partial charge on any atom is -0.379 e. The summed E-state index contributed by atoms with van der Waals surface area (Å²) in [6, 6.07) is 4.25. The second-order valence-electron chi connectivity index (χ2n) is 4.01. The average Bonchev–Trinajstić information content (AvgIpc) is 2.62. The van der Waals surface area contributed by atoms with Crippen LogP contribution in [0.15, 0.2) is 15.9 Å². The van der Waals surface area contributed by atoms with E-state index >= 15 is 0 Å². The van der Waals surface area contributed by atoms with Crippen molar-refractivity contribution in [1.29, 1.82) is 0 Å². The Kier molecular flexibility index (Phi) is 7.28. The molecule has 1 rings (SSSR count). The van der Waals surface area contributed by atoms with Crippen molar-refractivity contribution in [2.45, 2.75) is 39.3 Å². The van der Waals surface area contributed by atoms with Crippen LogP contribution < -0.4 is 5.32 Å². The third-order valence-corrected chi connectivity index (χ3v) is 3.75. The van der Waals surface area contributed by atoms with Gasteiger partial charge in [-0.15, -0.1) is 11.3 Å². The van der Waals surface area contributed by atoms with E-state index in [0.717, 1.165) is 26.1 Å². The number of nitrogens with one attached hydrogen (secondary N) is 1. The predicted molar refractivity (Wildman–Crippen MR) is 74.0 cm³/mol. The molecule has 16 heavy (non-hydrogen) atoms. The molecule has 0 bridgehead atoms. The van der Waals surface area contributed by atoms with E-state index in [1.807, 2.05) is 0 Å². The second kappa shape index (κ2) is 8.23. The van der Waals surface area contributed by atoms with Gasteiger partial charge in [0.25, 0.3) is 0 Å². The third-order valence-electron chi connectivity index (χ3n) is 2.13. The number of unbranched alkanes of at least 4 members (excludes halogenated alkanes) is 1. The summed E-state index contributed by atoms with van der Waals surface area (Å²) in [6.45, 7) is 7.07. The summed E-state index contributed by atoms with van der Waals surface area (Å²) in [5, 5.41) is 3.44. The van der Waals surface area contributed by atoms with E-state index in [0.29, 0.717) is 6.10 Å². The lowest BCUT2D eigenvalue weighted by atomic mass is 10.3. The lowest BCUT2D eigenvalue weighted by Gasteiger charge is -2.07. The monoisotopic (exact) mass is 305 g/mol. The molecule has 1 N–H and O–H groups in total. The predicted octanol–water partition coefficient (Wildman–Crippen LogP) is 3.81. The van der Waals surface area contributed by atoms with E-state index in [9.17, 15) is 0 Å². The van der Waals surface area contributed by atoms with Crippen molar-refractivity contribution >= 4 is 27.3 Å². The first-order chi connectivity index (χ1) is 7.68. The molecule has 1 heterocycles. The van der Waals surface area contributed by atoms with Gasteiger partial charge in [0.2, 0.25) is 0 Å². The van der Waals surface area contributed by atoms with E-state index in [4.69, 9.17) is 4.74 Å². The van der Waals surface area contributed by atoms with Gasteiger partial charge in [-0.2, -0.15) is 0 Å². The Bertz CT molecular complexity index is 288. The van der Waals surface area contributed by atoms with E-state index in [-0.39, 0.29) is 0 Å². The summed E-state index contributed by atoms with van der Waals surface area (Å²) in [5.74, 6) is 0. The average molecular weight is 306 g/mol. The highest BCUT2D eigenvalue weighted by molar-refractivity contribution is 9.11. The first-order valence-electron chi connectivity index (χ1n) is 5.75. The highest BCUT2D eigenvalue weighted by atomic mass is 79.9. The van der Waals surface area contributed by atoms with E-state index < -0.39 is 0 Å². The molecule has 92 valence electrons. The van der Waals surface area contributed by atoms with Gasteiger partial charge in [-0.3, -0.25) is 0 Å². The van der Waals surface area contributed by atoms with Gasteiger partial charge in [0, 0.05) is 18.0 Å². The quantitative estimate of drug-likeness (QED) is 0.738. The van der Waals surface area contributed by atoms with Gasteiger partial charge in [0.1, 0.15) is 0 Å². The van der Waals surface area contributed by atoms with Gasteiger partial charge >= 0.3 is 0 Å². The van der Waals surface area contributed by atoms with Crippen LogP contribution in [-0.2, 0) is 11.3 Å². The zero-order valence-corrected chi connectivity index (χ0v) is 12.4. The highest BCUT2D eigenvalue weighted by Crippen LogP contribution is 2.21. The minimum atomic E-state index is 0.358. The molecular formula is C12H20BrNOS. The summed E-state index contributed by atoms with van der Waals surface area (Å²) >= 11 is 5.25. The van der Waals surface area contributed by atoms with Crippen LogP contribution in [0.25, 0.3) is 0 Å². The Morgan fingerprint density at radius 2 is 2.19 bits per heavy atom. The number of thiophene rings is 1. The summed E-state index contributed by atoms with van der Waals surface area (Å²) in [7, 11) is 0. The van der Waals surface area contributed by atoms with Crippen LogP contribution in [0.3, 0.4) is 0 Å². The van der Waals surface area contributed by atoms with Gasteiger partial charge in [0.05, 0.1) is 9.89 Å². The summed E-state index contributed by atoms with van der Waals surface area (Å²) in [5.41, 5.74) is 0. The minimum absolute atomic E-state index is 0.358. The van der Waals surface area contributed by atoms with Crippen LogP contribution in [0, 0.1) is 0 Å². The maximum atomic E-state index is 5.48. The molecule has 0 unspecified atom stereocenters. The van der Waals surface area contributed by atoms with Crippen molar-refractivity contribution in [3.63, 3.8) is 0 Å². The summed E-state index contributed by atoms with van der Waals surface area (Å²) in [4.78, 5) is 1.38. The Morgan fingerprint density at radius 3 is 2.81 bits per heavy atom. The molecule has 0 fully saturated rings.